The van der Waals surface area contributed by atoms with E-state index in [2.05, 4.69) is 9.97 Å². The van der Waals surface area contributed by atoms with Crippen LogP contribution in [0.25, 0.3) is 11.0 Å². The zero-order valence-corrected chi connectivity index (χ0v) is 10.7. The summed E-state index contributed by atoms with van der Waals surface area (Å²) in [5.41, 5.74) is 2.65. The van der Waals surface area contributed by atoms with Gasteiger partial charge in [0.25, 0.3) is 5.78 Å². The lowest BCUT2D eigenvalue weighted by Crippen LogP contribution is -2.05. The summed E-state index contributed by atoms with van der Waals surface area (Å²) < 4.78 is 5.62. The van der Waals surface area contributed by atoms with Crippen LogP contribution in [-0.4, -0.2) is 15.8 Å². The lowest BCUT2D eigenvalue weighted by atomic mass is 10.2. The maximum Gasteiger partial charge on any atom is 0.265 e. The van der Waals surface area contributed by atoms with Crippen LogP contribution in [0.4, 0.5) is 0 Å². The standard InChI is InChI=1S/C15H12N2O2/c1-9-7-16-15(17-8-9)13(18)12-6-11-5-3-4-10(2)14(11)19-12/h3-8H,1-2H3. The Hall–Kier alpha value is -2.49. The summed E-state index contributed by atoms with van der Waals surface area (Å²) in [4.78, 5) is 20.3. The maximum absolute atomic E-state index is 12.2. The van der Waals surface area contributed by atoms with Crippen LogP contribution in [0.15, 0.2) is 41.1 Å². The van der Waals surface area contributed by atoms with Crippen molar-refractivity contribution in [2.45, 2.75) is 13.8 Å². The molecule has 0 saturated carbocycles. The van der Waals surface area contributed by atoms with Crippen LogP contribution in [0.1, 0.15) is 27.5 Å². The van der Waals surface area contributed by atoms with Gasteiger partial charge in [0.1, 0.15) is 5.58 Å². The Morgan fingerprint density at radius 3 is 2.58 bits per heavy atom. The number of hydrogen-bond acceptors (Lipinski definition) is 4. The van der Waals surface area contributed by atoms with Crippen molar-refractivity contribution >= 4 is 16.8 Å². The fourth-order valence-corrected chi connectivity index (χ4v) is 1.94. The van der Waals surface area contributed by atoms with Crippen molar-refractivity contribution in [3.05, 3.63) is 59.4 Å². The van der Waals surface area contributed by atoms with Crippen LogP contribution in [0.2, 0.25) is 0 Å². The number of ketones is 1. The molecule has 0 aliphatic rings. The van der Waals surface area contributed by atoms with Gasteiger partial charge in [0.05, 0.1) is 0 Å². The highest BCUT2D eigenvalue weighted by Crippen LogP contribution is 2.23. The molecule has 0 radical (unpaired) electrons. The zero-order valence-electron chi connectivity index (χ0n) is 10.7. The third-order valence-corrected chi connectivity index (χ3v) is 2.95. The first-order chi connectivity index (χ1) is 9.15. The van der Waals surface area contributed by atoms with E-state index in [1.54, 1.807) is 18.5 Å². The van der Waals surface area contributed by atoms with Gasteiger partial charge < -0.3 is 4.42 Å². The normalized spacial score (nSPS) is 10.8. The van der Waals surface area contributed by atoms with E-state index in [4.69, 9.17) is 4.42 Å². The molecule has 2 aromatic heterocycles. The van der Waals surface area contributed by atoms with Crippen LogP contribution in [-0.2, 0) is 0 Å². The van der Waals surface area contributed by atoms with Crippen LogP contribution in [0.5, 0.6) is 0 Å². The fraction of sp³-hybridized carbons (Fsp3) is 0.133. The third kappa shape index (κ3) is 2.01. The highest BCUT2D eigenvalue weighted by molar-refractivity contribution is 6.06. The van der Waals surface area contributed by atoms with Crippen LogP contribution < -0.4 is 0 Å². The molecule has 3 aromatic rings. The van der Waals surface area contributed by atoms with Gasteiger partial charge in [0, 0.05) is 17.8 Å². The van der Waals surface area contributed by atoms with Crippen LogP contribution >= 0.6 is 0 Å². The molecule has 0 unspecified atom stereocenters. The summed E-state index contributed by atoms with van der Waals surface area (Å²) >= 11 is 0. The average molecular weight is 252 g/mol. The molecule has 0 spiro atoms. The summed E-state index contributed by atoms with van der Waals surface area (Å²) in [6.07, 6.45) is 3.24. The SMILES string of the molecule is Cc1cnc(C(=O)c2cc3cccc(C)c3o2)nc1. The molecule has 4 heteroatoms. The predicted molar refractivity (Wildman–Crippen MR) is 71.2 cm³/mol. The summed E-state index contributed by atoms with van der Waals surface area (Å²) in [6.45, 7) is 3.82. The molecule has 0 aliphatic heterocycles. The lowest BCUT2D eigenvalue weighted by Gasteiger charge is -1.96. The van der Waals surface area contributed by atoms with Crippen molar-refractivity contribution in [2.75, 3.05) is 0 Å². The Bertz CT molecular complexity index is 757. The molecule has 94 valence electrons. The highest BCUT2D eigenvalue weighted by Gasteiger charge is 2.17. The van der Waals surface area contributed by atoms with Gasteiger partial charge in [-0.05, 0) is 31.0 Å². The Kier molecular flexibility index (Phi) is 2.63. The van der Waals surface area contributed by atoms with Gasteiger partial charge in [0.15, 0.2) is 5.76 Å². The number of aromatic nitrogens is 2. The largest absolute Gasteiger partial charge is 0.452 e. The molecule has 3 rings (SSSR count). The molecular formula is C15H12N2O2. The van der Waals surface area contributed by atoms with Crippen molar-refractivity contribution in [3.8, 4) is 0 Å². The number of carbonyl (C=O) groups excluding carboxylic acids is 1. The van der Waals surface area contributed by atoms with Crippen molar-refractivity contribution in [1.82, 2.24) is 9.97 Å². The molecule has 0 fully saturated rings. The van der Waals surface area contributed by atoms with Crippen LogP contribution in [0.3, 0.4) is 0 Å². The molecular weight excluding hydrogens is 240 g/mol. The molecule has 0 N–H and O–H groups in total. The molecule has 0 saturated heterocycles. The quantitative estimate of drug-likeness (QED) is 0.658. The number of hydrogen-bond donors (Lipinski definition) is 0. The van der Waals surface area contributed by atoms with E-state index in [1.165, 1.54) is 0 Å². The molecule has 0 amide bonds. The first-order valence-electron chi connectivity index (χ1n) is 5.97. The van der Waals surface area contributed by atoms with Crippen molar-refractivity contribution in [1.29, 1.82) is 0 Å². The number of fused-ring (bicyclic) bond motifs is 1. The topological polar surface area (TPSA) is 56.0 Å². The van der Waals surface area contributed by atoms with E-state index in [0.29, 0.717) is 0 Å². The molecule has 1 aromatic carbocycles. The Balaban J connectivity index is 2.06. The van der Waals surface area contributed by atoms with E-state index in [1.807, 2.05) is 32.0 Å². The van der Waals surface area contributed by atoms with E-state index < -0.39 is 0 Å². The van der Waals surface area contributed by atoms with Gasteiger partial charge in [0.2, 0.25) is 5.82 Å². The van der Waals surface area contributed by atoms with Gasteiger partial charge in [-0.25, -0.2) is 9.97 Å². The molecule has 0 aliphatic carbocycles. The second-order valence-electron chi connectivity index (χ2n) is 4.52. The van der Waals surface area contributed by atoms with Crippen LogP contribution in [0, 0.1) is 13.8 Å². The van der Waals surface area contributed by atoms with Crippen molar-refractivity contribution in [3.63, 3.8) is 0 Å². The van der Waals surface area contributed by atoms with E-state index >= 15 is 0 Å². The molecule has 0 atom stereocenters. The summed E-state index contributed by atoms with van der Waals surface area (Å²) in [5, 5.41) is 0.912. The minimum absolute atomic E-state index is 0.155. The zero-order chi connectivity index (χ0) is 13.4. The molecule has 19 heavy (non-hydrogen) atoms. The first kappa shape index (κ1) is 11.6. The minimum atomic E-state index is -0.296. The van der Waals surface area contributed by atoms with E-state index in [9.17, 15) is 4.79 Å². The summed E-state index contributed by atoms with van der Waals surface area (Å²) in [7, 11) is 0. The Labute approximate surface area is 110 Å². The van der Waals surface area contributed by atoms with Gasteiger partial charge in [-0.1, -0.05) is 18.2 Å². The summed E-state index contributed by atoms with van der Waals surface area (Å²) in [6, 6.07) is 7.53. The number of para-hydroxylation sites is 1. The Morgan fingerprint density at radius 2 is 1.89 bits per heavy atom. The molecule has 0 bridgehead atoms. The average Bonchev–Trinajstić information content (AvgIpc) is 2.84. The summed E-state index contributed by atoms with van der Waals surface area (Å²) in [5.74, 6) is 0.131. The van der Waals surface area contributed by atoms with Gasteiger partial charge in [-0.3, -0.25) is 4.79 Å². The first-order valence-corrected chi connectivity index (χ1v) is 5.97. The number of carbonyl (C=O) groups is 1. The second kappa shape index (κ2) is 4.31. The Morgan fingerprint density at radius 1 is 1.16 bits per heavy atom. The highest BCUT2D eigenvalue weighted by atomic mass is 16.3. The number of rotatable bonds is 2. The van der Waals surface area contributed by atoms with Crippen molar-refractivity contribution in [2.24, 2.45) is 0 Å². The van der Waals surface area contributed by atoms with Crippen molar-refractivity contribution < 1.29 is 9.21 Å². The number of nitrogens with zero attached hydrogens (tertiary/aromatic N) is 2. The third-order valence-electron chi connectivity index (χ3n) is 2.95. The molecule has 4 nitrogen and oxygen atoms in total. The van der Waals surface area contributed by atoms with Gasteiger partial charge >= 0.3 is 0 Å². The van der Waals surface area contributed by atoms with E-state index in [0.717, 1.165) is 22.1 Å². The smallest absolute Gasteiger partial charge is 0.265 e. The fourth-order valence-electron chi connectivity index (χ4n) is 1.94. The maximum atomic E-state index is 12.2. The molecule has 2 heterocycles. The number of aryl methyl sites for hydroxylation is 2. The predicted octanol–water partition coefficient (Wildman–Crippen LogP) is 3.07. The number of furan rings is 1. The number of benzene rings is 1. The van der Waals surface area contributed by atoms with E-state index in [-0.39, 0.29) is 17.4 Å². The van der Waals surface area contributed by atoms with Gasteiger partial charge in [-0.2, -0.15) is 0 Å². The monoisotopic (exact) mass is 252 g/mol. The second-order valence-corrected chi connectivity index (χ2v) is 4.52. The van der Waals surface area contributed by atoms with Gasteiger partial charge in [-0.15, -0.1) is 0 Å². The minimum Gasteiger partial charge on any atom is -0.452 e. The lowest BCUT2D eigenvalue weighted by molar-refractivity contribution is 0.100.